The number of nitrogens with one attached hydrogen (secondary N) is 1. The molecule has 0 spiro atoms. The van der Waals surface area contributed by atoms with Crippen molar-refractivity contribution in [2.75, 3.05) is 12.3 Å². The topological polar surface area (TPSA) is 86.6 Å². The Bertz CT molecular complexity index is 279. The minimum Gasteiger partial charge on any atom is -0.479 e. The molecular formula is C7H10F3NO4S. The Morgan fingerprint density at radius 1 is 1.38 bits per heavy atom. The van der Waals surface area contributed by atoms with Crippen LogP contribution >= 0.6 is 11.8 Å². The number of alkyl halides is 3. The summed E-state index contributed by atoms with van der Waals surface area (Å²) in [6, 6.07) is 0. The Hall–Kier alpha value is -0.960. The van der Waals surface area contributed by atoms with Crippen LogP contribution in [-0.2, 0) is 9.59 Å². The number of aliphatic carboxylic acids is 1. The second kappa shape index (κ2) is 5.39. The van der Waals surface area contributed by atoms with Crippen molar-refractivity contribution in [2.24, 2.45) is 0 Å². The number of carboxylic acid groups (broad SMARTS) is 1. The first-order chi connectivity index (χ1) is 7.04. The molecule has 0 aliphatic rings. The Labute approximate surface area is 93.0 Å². The van der Waals surface area contributed by atoms with Gasteiger partial charge in [-0.05, 0) is 18.7 Å². The second-order valence-corrected chi connectivity index (χ2v) is 4.13. The molecule has 94 valence electrons. The van der Waals surface area contributed by atoms with Crippen molar-refractivity contribution in [3.05, 3.63) is 0 Å². The molecule has 16 heavy (non-hydrogen) atoms. The molecule has 0 bridgehead atoms. The van der Waals surface area contributed by atoms with Crippen LogP contribution < -0.4 is 5.32 Å². The molecule has 9 heteroatoms. The number of carbonyl (C=O) groups excluding carboxylic acids is 1. The first-order valence-corrected chi connectivity index (χ1v) is 4.96. The highest BCUT2D eigenvalue weighted by Crippen LogP contribution is 2.29. The molecule has 0 aliphatic heterocycles. The lowest BCUT2D eigenvalue weighted by molar-refractivity contribution is -0.156. The second-order valence-electron chi connectivity index (χ2n) is 3.09. The van der Waals surface area contributed by atoms with Gasteiger partial charge >= 0.3 is 11.5 Å². The summed E-state index contributed by atoms with van der Waals surface area (Å²) in [5, 5.41) is 19.4. The first kappa shape index (κ1) is 15.0. The number of amides is 1. The number of rotatable bonds is 5. The van der Waals surface area contributed by atoms with Gasteiger partial charge in [0.1, 0.15) is 0 Å². The summed E-state index contributed by atoms with van der Waals surface area (Å²) in [5.74, 6) is -3.45. The molecule has 1 atom stereocenters. The fourth-order valence-electron chi connectivity index (χ4n) is 0.545. The van der Waals surface area contributed by atoms with Crippen LogP contribution in [0.15, 0.2) is 0 Å². The quantitative estimate of drug-likeness (QED) is 0.657. The van der Waals surface area contributed by atoms with Gasteiger partial charge < -0.3 is 15.5 Å². The molecule has 0 aromatic carbocycles. The van der Waals surface area contributed by atoms with Crippen LogP contribution in [-0.4, -0.2) is 45.5 Å². The molecule has 0 heterocycles. The standard InChI is InChI=1S/C7H10F3NO4S/c1-6(15,5(13)14)3-11-4(12)2-16-7(8,9)10/h15H,2-3H2,1H3,(H,11,12)(H,13,14). The van der Waals surface area contributed by atoms with Gasteiger partial charge in [0, 0.05) is 0 Å². The fourth-order valence-corrected chi connectivity index (χ4v) is 0.942. The zero-order valence-corrected chi connectivity index (χ0v) is 8.98. The van der Waals surface area contributed by atoms with Gasteiger partial charge in [-0.15, -0.1) is 0 Å². The van der Waals surface area contributed by atoms with E-state index in [0.29, 0.717) is 0 Å². The minimum absolute atomic E-state index is 0.540. The highest BCUT2D eigenvalue weighted by molar-refractivity contribution is 8.00. The van der Waals surface area contributed by atoms with Crippen LogP contribution in [0.4, 0.5) is 13.2 Å². The third kappa shape index (κ3) is 6.51. The summed E-state index contributed by atoms with van der Waals surface area (Å²) >= 11 is -0.540. The molecular weight excluding hydrogens is 251 g/mol. The zero-order chi connectivity index (χ0) is 13.0. The normalized spacial score (nSPS) is 15.3. The summed E-state index contributed by atoms with van der Waals surface area (Å²) < 4.78 is 35.0. The lowest BCUT2D eigenvalue weighted by Crippen LogP contribution is -2.47. The van der Waals surface area contributed by atoms with Gasteiger partial charge in [0.05, 0.1) is 12.3 Å². The molecule has 3 N–H and O–H groups in total. The number of hydrogen-bond donors (Lipinski definition) is 3. The third-order valence-electron chi connectivity index (χ3n) is 1.46. The zero-order valence-electron chi connectivity index (χ0n) is 8.17. The Balaban J connectivity index is 3.96. The number of aliphatic hydroxyl groups is 1. The van der Waals surface area contributed by atoms with Crippen molar-refractivity contribution in [1.82, 2.24) is 5.32 Å². The van der Waals surface area contributed by atoms with Gasteiger partial charge in [0.15, 0.2) is 5.60 Å². The monoisotopic (exact) mass is 261 g/mol. The number of halogens is 3. The molecule has 1 amide bonds. The summed E-state index contributed by atoms with van der Waals surface area (Å²) in [5.41, 5.74) is -6.72. The van der Waals surface area contributed by atoms with Crippen LogP contribution in [0.1, 0.15) is 6.92 Å². The van der Waals surface area contributed by atoms with Crippen molar-refractivity contribution in [3.8, 4) is 0 Å². The van der Waals surface area contributed by atoms with Crippen LogP contribution in [0.25, 0.3) is 0 Å². The van der Waals surface area contributed by atoms with Crippen LogP contribution in [0.5, 0.6) is 0 Å². The number of carbonyl (C=O) groups is 2. The van der Waals surface area contributed by atoms with E-state index in [-0.39, 0.29) is 0 Å². The highest BCUT2D eigenvalue weighted by atomic mass is 32.2. The Kier molecular flexibility index (Phi) is 5.07. The molecule has 0 aromatic heterocycles. The molecule has 0 fully saturated rings. The van der Waals surface area contributed by atoms with Crippen molar-refractivity contribution in [1.29, 1.82) is 0 Å². The predicted molar refractivity (Wildman–Crippen MR) is 49.8 cm³/mol. The highest BCUT2D eigenvalue weighted by Gasteiger charge is 2.32. The van der Waals surface area contributed by atoms with E-state index in [4.69, 9.17) is 10.2 Å². The number of carboxylic acids is 1. The maximum absolute atomic E-state index is 11.7. The van der Waals surface area contributed by atoms with Gasteiger partial charge in [0.25, 0.3) is 0 Å². The minimum atomic E-state index is -4.52. The van der Waals surface area contributed by atoms with Gasteiger partial charge in [-0.3, -0.25) is 4.79 Å². The van der Waals surface area contributed by atoms with E-state index in [0.717, 1.165) is 6.92 Å². The summed E-state index contributed by atoms with van der Waals surface area (Å²) in [6.45, 7) is 0.270. The van der Waals surface area contributed by atoms with Crippen LogP contribution in [0, 0.1) is 0 Å². The van der Waals surface area contributed by atoms with E-state index >= 15 is 0 Å². The molecule has 0 aromatic rings. The summed E-state index contributed by atoms with van der Waals surface area (Å²) in [7, 11) is 0. The largest absolute Gasteiger partial charge is 0.479 e. The molecule has 5 nitrogen and oxygen atoms in total. The van der Waals surface area contributed by atoms with Crippen molar-refractivity contribution >= 4 is 23.6 Å². The maximum atomic E-state index is 11.7. The number of thioether (sulfide) groups is 1. The van der Waals surface area contributed by atoms with Gasteiger partial charge in [-0.1, -0.05) is 0 Å². The molecule has 0 saturated heterocycles. The summed E-state index contributed by atoms with van der Waals surface area (Å²) in [6.07, 6.45) is 0. The van der Waals surface area contributed by atoms with E-state index < -0.39 is 47.0 Å². The lowest BCUT2D eigenvalue weighted by Gasteiger charge is -2.18. The van der Waals surface area contributed by atoms with Crippen molar-refractivity contribution in [3.63, 3.8) is 0 Å². The molecule has 0 radical (unpaired) electrons. The van der Waals surface area contributed by atoms with E-state index in [2.05, 4.69) is 0 Å². The first-order valence-electron chi connectivity index (χ1n) is 3.98. The smallest absolute Gasteiger partial charge is 0.442 e. The molecule has 0 saturated carbocycles. The van der Waals surface area contributed by atoms with Crippen LogP contribution in [0.2, 0.25) is 0 Å². The average molecular weight is 261 g/mol. The third-order valence-corrected chi connectivity index (χ3v) is 2.19. The average Bonchev–Trinajstić information content (AvgIpc) is 2.10. The Morgan fingerprint density at radius 3 is 2.25 bits per heavy atom. The van der Waals surface area contributed by atoms with E-state index in [1.807, 2.05) is 5.32 Å². The van der Waals surface area contributed by atoms with Gasteiger partial charge in [-0.25, -0.2) is 4.79 Å². The molecule has 0 rings (SSSR count). The Morgan fingerprint density at radius 2 is 1.88 bits per heavy atom. The molecule has 0 aliphatic carbocycles. The van der Waals surface area contributed by atoms with E-state index in [1.165, 1.54) is 0 Å². The lowest BCUT2D eigenvalue weighted by atomic mass is 10.1. The van der Waals surface area contributed by atoms with E-state index in [1.54, 1.807) is 0 Å². The molecule has 1 unspecified atom stereocenters. The van der Waals surface area contributed by atoms with Gasteiger partial charge in [0.2, 0.25) is 5.91 Å². The van der Waals surface area contributed by atoms with Gasteiger partial charge in [-0.2, -0.15) is 13.2 Å². The van der Waals surface area contributed by atoms with Crippen molar-refractivity contribution in [2.45, 2.75) is 18.0 Å². The predicted octanol–water partition coefficient (Wildman–Crippen LogP) is 0.191. The van der Waals surface area contributed by atoms with Crippen molar-refractivity contribution < 1.29 is 33.0 Å². The fraction of sp³-hybridized carbons (Fsp3) is 0.714. The van der Waals surface area contributed by atoms with E-state index in [9.17, 15) is 22.8 Å². The van der Waals surface area contributed by atoms with Crippen LogP contribution in [0.3, 0.4) is 0 Å². The number of hydrogen-bond acceptors (Lipinski definition) is 4. The summed E-state index contributed by atoms with van der Waals surface area (Å²) in [4.78, 5) is 21.2. The SMILES string of the molecule is CC(O)(CNC(=O)CSC(F)(F)F)C(=O)O. The maximum Gasteiger partial charge on any atom is 0.442 e.